The fourth-order valence-electron chi connectivity index (χ4n) is 3.17. The number of aryl methyl sites for hydroxylation is 1. The number of pyridine rings is 1. The van der Waals surface area contributed by atoms with Crippen molar-refractivity contribution in [2.24, 2.45) is 5.73 Å². The number of hydrogen-bond donors (Lipinski definition) is 4. The highest BCUT2D eigenvalue weighted by Gasteiger charge is 2.15. The predicted octanol–water partition coefficient (Wildman–Crippen LogP) is 3.00. The molecule has 0 aliphatic carbocycles. The van der Waals surface area contributed by atoms with Gasteiger partial charge in [0.25, 0.3) is 0 Å². The standard InChI is InChI=1S/C25H28N4O4/c26-23(15-21-13-14-22(16-27-21)33-17-19-5-2-1-3-6-19)25(31)28-20-11-9-18(10-12-20)7-4-8-24(30)29-32/h1-3,5-6,9-14,16,23,32H,4,7-8,15,17,26H2,(H,28,31)(H,29,30). The molecule has 3 aromatic rings. The smallest absolute Gasteiger partial charge is 0.243 e. The van der Waals surface area contributed by atoms with E-state index in [0.717, 1.165) is 11.1 Å². The van der Waals surface area contributed by atoms with Crippen LogP contribution < -0.4 is 21.3 Å². The molecule has 2 aromatic carbocycles. The number of hydrogen-bond acceptors (Lipinski definition) is 6. The molecular weight excluding hydrogens is 420 g/mol. The molecule has 172 valence electrons. The first kappa shape index (κ1) is 23.9. The molecule has 0 saturated carbocycles. The highest BCUT2D eigenvalue weighted by atomic mass is 16.5. The fourth-order valence-corrected chi connectivity index (χ4v) is 3.17. The van der Waals surface area contributed by atoms with Gasteiger partial charge < -0.3 is 15.8 Å². The molecule has 1 aromatic heterocycles. The zero-order valence-electron chi connectivity index (χ0n) is 18.2. The van der Waals surface area contributed by atoms with Crippen LogP contribution in [0.3, 0.4) is 0 Å². The van der Waals surface area contributed by atoms with E-state index in [4.69, 9.17) is 15.7 Å². The first-order chi connectivity index (χ1) is 16.0. The van der Waals surface area contributed by atoms with Crippen molar-refractivity contribution in [3.63, 3.8) is 0 Å². The van der Waals surface area contributed by atoms with Gasteiger partial charge in [-0.05, 0) is 48.2 Å². The maximum absolute atomic E-state index is 12.5. The number of nitrogens with two attached hydrogens (primary N) is 1. The van der Waals surface area contributed by atoms with E-state index < -0.39 is 11.9 Å². The Balaban J connectivity index is 1.43. The minimum atomic E-state index is -0.745. The summed E-state index contributed by atoms with van der Waals surface area (Å²) in [6.07, 6.45) is 3.49. The van der Waals surface area contributed by atoms with E-state index in [9.17, 15) is 9.59 Å². The van der Waals surface area contributed by atoms with E-state index in [0.29, 0.717) is 43.0 Å². The van der Waals surface area contributed by atoms with Crippen LogP contribution in [0.15, 0.2) is 72.9 Å². The highest BCUT2D eigenvalue weighted by molar-refractivity contribution is 5.94. The van der Waals surface area contributed by atoms with Gasteiger partial charge in [0.05, 0.1) is 12.2 Å². The second kappa shape index (κ2) is 12.3. The summed E-state index contributed by atoms with van der Waals surface area (Å²) in [5.41, 5.74) is 11.1. The van der Waals surface area contributed by atoms with Crippen LogP contribution in [-0.4, -0.2) is 28.0 Å². The Morgan fingerprint density at radius 2 is 1.76 bits per heavy atom. The van der Waals surface area contributed by atoms with Crippen molar-refractivity contribution in [2.75, 3.05) is 5.32 Å². The second-order valence-electron chi connectivity index (χ2n) is 7.64. The summed E-state index contributed by atoms with van der Waals surface area (Å²) in [5, 5.41) is 11.3. The lowest BCUT2D eigenvalue weighted by Crippen LogP contribution is -2.37. The Morgan fingerprint density at radius 3 is 2.42 bits per heavy atom. The molecule has 1 atom stereocenters. The van der Waals surface area contributed by atoms with Gasteiger partial charge >= 0.3 is 0 Å². The fraction of sp³-hybridized carbons (Fsp3) is 0.240. The third kappa shape index (κ3) is 8.03. The summed E-state index contributed by atoms with van der Waals surface area (Å²) in [6, 6.07) is 20.1. The van der Waals surface area contributed by atoms with Crippen LogP contribution in [0.25, 0.3) is 0 Å². The zero-order valence-corrected chi connectivity index (χ0v) is 18.2. The van der Waals surface area contributed by atoms with Crippen LogP contribution in [0, 0.1) is 0 Å². The maximum Gasteiger partial charge on any atom is 0.243 e. The van der Waals surface area contributed by atoms with Crippen molar-refractivity contribution >= 4 is 17.5 Å². The average Bonchev–Trinajstić information content (AvgIpc) is 2.85. The Labute approximate surface area is 192 Å². The molecule has 0 aliphatic heterocycles. The lowest BCUT2D eigenvalue weighted by atomic mass is 10.1. The highest BCUT2D eigenvalue weighted by Crippen LogP contribution is 2.14. The Morgan fingerprint density at radius 1 is 1.00 bits per heavy atom. The first-order valence-corrected chi connectivity index (χ1v) is 10.7. The molecule has 0 bridgehead atoms. The van der Waals surface area contributed by atoms with Crippen molar-refractivity contribution in [3.05, 3.63) is 89.7 Å². The molecule has 2 amide bonds. The Hall–Kier alpha value is -3.75. The SMILES string of the molecule is NC(Cc1ccc(OCc2ccccc2)cn1)C(=O)Nc1ccc(CCCC(=O)NO)cc1. The van der Waals surface area contributed by atoms with Crippen LogP contribution in [0.5, 0.6) is 5.75 Å². The normalized spacial score (nSPS) is 11.5. The van der Waals surface area contributed by atoms with E-state index in [-0.39, 0.29) is 12.3 Å². The summed E-state index contributed by atoms with van der Waals surface area (Å²) >= 11 is 0. The minimum absolute atomic E-state index is 0.248. The molecule has 0 fully saturated rings. The molecule has 8 heteroatoms. The zero-order chi connectivity index (χ0) is 23.5. The molecule has 0 radical (unpaired) electrons. The number of benzene rings is 2. The van der Waals surface area contributed by atoms with Gasteiger partial charge in [0.1, 0.15) is 12.4 Å². The molecule has 0 saturated heterocycles. The number of anilines is 1. The third-order valence-corrected chi connectivity index (χ3v) is 5.03. The summed E-state index contributed by atoms with van der Waals surface area (Å²) in [6.45, 7) is 0.459. The molecule has 0 spiro atoms. The predicted molar refractivity (Wildman–Crippen MR) is 125 cm³/mol. The molecular formula is C25H28N4O4. The molecule has 1 unspecified atom stereocenters. The van der Waals surface area contributed by atoms with Gasteiger partial charge in [0.2, 0.25) is 11.8 Å². The van der Waals surface area contributed by atoms with Crippen molar-refractivity contribution in [1.29, 1.82) is 0 Å². The number of carbonyl (C=O) groups excluding carboxylic acids is 2. The monoisotopic (exact) mass is 448 g/mol. The molecule has 3 rings (SSSR count). The van der Waals surface area contributed by atoms with Crippen LogP contribution in [0.1, 0.15) is 29.7 Å². The summed E-state index contributed by atoms with van der Waals surface area (Å²) < 4.78 is 5.73. The van der Waals surface area contributed by atoms with E-state index in [2.05, 4.69) is 10.3 Å². The summed E-state index contributed by atoms with van der Waals surface area (Å²) in [4.78, 5) is 27.8. The van der Waals surface area contributed by atoms with Gasteiger partial charge in [0.15, 0.2) is 0 Å². The topological polar surface area (TPSA) is 127 Å². The lowest BCUT2D eigenvalue weighted by molar-refractivity contribution is -0.129. The number of nitrogens with one attached hydrogen (secondary N) is 2. The molecule has 1 heterocycles. The number of rotatable bonds is 11. The van der Waals surface area contributed by atoms with Gasteiger partial charge in [-0.25, -0.2) is 5.48 Å². The average molecular weight is 449 g/mol. The summed E-state index contributed by atoms with van der Waals surface area (Å²) in [7, 11) is 0. The van der Waals surface area contributed by atoms with Gasteiger partial charge in [-0.3, -0.25) is 19.8 Å². The maximum atomic E-state index is 12.5. The van der Waals surface area contributed by atoms with Crippen molar-refractivity contribution < 1.29 is 19.5 Å². The van der Waals surface area contributed by atoms with Gasteiger partial charge in [0, 0.05) is 24.2 Å². The van der Waals surface area contributed by atoms with Gasteiger partial charge in [-0.2, -0.15) is 0 Å². The van der Waals surface area contributed by atoms with E-state index >= 15 is 0 Å². The van der Waals surface area contributed by atoms with E-state index in [1.54, 1.807) is 29.9 Å². The van der Waals surface area contributed by atoms with Crippen LogP contribution in [-0.2, 0) is 29.0 Å². The van der Waals surface area contributed by atoms with Gasteiger partial charge in [-0.15, -0.1) is 0 Å². The number of hydroxylamine groups is 1. The van der Waals surface area contributed by atoms with Crippen molar-refractivity contribution in [2.45, 2.75) is 38.3 Å². The second-order valence-corrected chi connectivity index (χ2v) is 7.64. The van der Waals surface area contributed by atoms with Crippen LogP contribution >= 0.6 is 0 Å². The van der Waals surface area contributed by atoms with E-state index in [1.165, 1.54) is 0 Å². The number of ether oxygens (including phenoxy) is 1. The summed E-state index contributed by atoms with van der Waals surface area (Å²) in [5.74, 6) is -0.0528. The number of aromatic nitrogens is 1. The first-order valence-electron chi connectivity index (χ1n) is 10.7. The molecule has 0 aliphatic rings. The lowest BCUT2D eigenvalue weighted by Gasteiger charge is -2.13. The van der Waals surface area contributed by atoms with Crippen molar-refractivity contribution in [3.8, 4) is 5.75 Å². The molecule has 33 heavy (non-hydrogen) atoms. The van der Waals surface area contributed by atoms with Crippen molar-refractivity contribution in [1.82, 2.24) is 10.5 Å². The number of amides is 2. The van der Waals surface area contributed by atoms with E-state index in [1.807, 2.05) is 48.5 Å². The van der Waals surface area contributed by atoms with Crippen LogP contribution in [0.2, 0.25) is 0 Å². The van der Waals surface area contributed by atoms with Crippen LogP contribution in [0.4, 0.5) is 5.69 Å². The third-order valence-electron chi connectivity index (χ3n) is 5.03. The largest absolute Gasteiger partial charge is 0.487 e. The number of nitrogens with zero attached hydrogens (tertiary/aromatic N) is 1. The number of carbonyl (C=O) groups is 2. The quantitative estimate of drug-likeness (QED) is 0.264. The minimum Gasteiger partial charge on any atom is -0.487 e. The Bertz CT molecular complexity index is 1020. The molecule has 5 N–H and O–H groups in total. The molecule has 8 nitrogen and oxygen atoms in total. The Kier molecular flexibility index (Phi) is 8.93. The van der Waals surface area contributed by atoms with Gasteiger partial charge in [-0.1, -0.05) is 42.5 Å².